The fraction of sp³-hybridized carbons (Fsp3) is 0.692. The Labute approximate surface area is 402 Å². The normalized spacial score (nSPS) is 18.7. The van der Waals surface area contributed by atoms with Crippen molar-refractivity contribution in [3.05, 3.63) is 23.3 Å². The fourth-order valence-electron chi connectivity index (χ4n) is 6.40. The number of likely N-dealkylation sites (N-methyl/N-ethyl adjacent to an activating group) is 2. The molecular weight excluding hydrogens is 1000 g/mol. The number of hydrogen-bond acceptors (Lipinski definition) is 20. The zero-order valence-corrected chi connectivity index (χ0v) is 43.9. The number of methoxy groups -OCH3 is 2. The van der Waals surface area contributed by atoms with Crippen LogP contribution in [0.3, 0.4) is 0 Å². The number of aliphatic carboxylic acids is 1. The van der Waals surface area contributed by atoms with Crippen molar-refractivity contribution in [2.45, 2.75) is 121 Å². The Morgan fingerprint density at radius 2 is 1.15 bits per heavy atom. The first-order valence-electron chi connectivity index (χ1n) is 21.4. The van der Waals surface area contributed by atoms with Crippen molar-refractivity contribution >= 4 is 86.3 Å². The van der Waals surface area contributed by atoms with E-state index < -0.39 is 81.6 Å². The van der Waals surface area contributed by atoms with Gasteiger partial charge >= 0.3 is 17.9 Å². The van der Waals surface area contributed by atoms with Gasteiger partial charge in [-0.05, 0) is 64.8 Å². The molecule has 2 aromatic heterocycles. The van der Waals surface area contributed by atoms with Gasteiger partial charge in [-0.3, -0.25) is 14.4 Å². The molecule has 0 fully saturated rings. The highest BCUT2D eigenvalue weighted by atomic mass is 32.3. The van der Waals surface area contributed by atoms with E-state index in [1.165, 1.54) is 41.7 Å². The van der Waals surface area contributed by atoms with E-state index >= 15 is 0 Å². The van der Waals surface area contributed by atoms with Crippen molar-refractivity contribution < 1.29 is 76.9 Å². The molecule has 2 aliphatic rings. The SMILES string of the molecule is CCCC(=O)O[C@@H](C)C(=O)CS(=O)(=O)c1cc2c(s1)S(=O)(=O)N(CCCOC)C[C@@H]2NCC.CCCC(=O)O[C@@H](C)C(=O)O.CCN[C@H]1CN(CCCOC)S(=O)(=O)c2sc(S(N)(=O)=O)cc21. The van der Waals surface area contributed by atoms with E-state index in [4.69, 9.17) is 24.5 Å². The quantitative estimate of drug-likeness (QED) is 0.0866. The summed E-state index contributed by atoms with van der Waals surface area (Å²) >= 11 is 1.36. The number of carbonyl (C=O) groups is 4. The van der Waals surface area contributed by atoms with Gasteiger partial charge in [0.2, 0.25) is 10.0 Å². The number of rotatable bonds is 24. The lowest BCUT2D eigenvalue weighted by molar-refractivity contribution is -0.162. The van der Waals surface area contributed by atoms with Crippen LogP contribution in [-0.4, -0.2) is 156 Å². The molecular formula is C39H65N5O17S6. The molecule has 67 heavy (non-hydrogen) atoms. The van der Waals surface area contributed by atoms with Crippen molar-refractivity contribution in [2.75, 3.05) is 72.5 Å². The Morgan fingerprint density at radius 3 is 1.52 bits per heavy atom. The summed E-state index contributed by atoms with van der Waals surface area (Å²) in [5.41, 5.74) is 0.863. The lowest BCUT2D eigenvalue weighted by Gasteiger charge is -2.32. The summed E-state index contributed by atoms with van der Waals surface area (Å²) in [6.07, 6.45) is 0.455. The Hall–Kier alpha value is -3.00. The van der Waals surface area contributed by atoms with Crippen LogP contribution in [-0.2, 0) is 78.0 Å². The third kappa shape index (κ3) is 17.4. The number of ether oxygens (including phenoxy) is 4. The molecule has 4 rings (SSSR count). The smallest absolute Gasteiger partial charge is 0.344 e. The first-order valence-corrected chi connectivity index (χ1v) is 29.1. The fourth-order valence-corrected chi connectivity index (χ4v) is 16.0. The standard InChI is InChI=1S/C20H32N2O8S3.C12H21N3O5S3.C7H12O4/c1-5-8-18(24)30-14(3)17(23)13-32(25,26)19-11-15-16(21-6-2)12-22(9-7-10-29-4)33(27,28)20(15)31-19;1-3-14-10-8-15(5-4-6-20-2)23(18,19)12-9(10)7-11(21-12)22(13,16)17;1-3-4-6(8)11-5(2)7(9)10/h11,14,16,21H,5-10,12-13H2,1-4H3;7,10,14H,3-6,8H2,1-2H3,(H2,13,16,17);5H,3-4H2,1-2H3,(H,9,10)/t14-,16-;10-;5-/m000/s1. The number of Topliss-reactive ketones (excluding diaryl/α,β-unsaturated/α-hetero) is 1. The number of carboxylic acids is 1. The molecule has 0 unspecified atom stereocenters. The third-order valence-electron chi connectivity index (χ3n) is 9.73. The third-order valence-corrected chi connectivity index (χ3v) is 20.4. The van der Waals surface area contributed by atoms with Crippen molar-refractivity contribution in [3.8, 4) is 0 Å². The van der Waals surface area contributed by atoms with Crippen LogP contribution in [0, 0.1) is 0 Å². The molecule has 0 radical (unpaired) electrons. The largest absolute Gasteiger partial charge is 0.479 e. The molecule has 4 atom stereocenters. The lowest BCUT2D eigenvalue weighted by Crippen LogP contribution is -2.43. The van der Waals surface area contributed by atoms with Crippen molar-refractivity contribution in [1.29, 1.82) is 0 Å². The second-order valence-corrected chi connectivity index (χ2v) is 25.5. The van der Waals surface area contributed by atoms with Crippen LogP contribution in [0.4, 0.5) is 0 Å². The molecule has 28 heteroatoms. The van der Waals surface area contributed by atoms with E-state index in [0.717, 1.165) is 0 Å². The number of nitrogens with two attached hydrogens (primary N) is 1. The minimum atomic E-state index is -4.13. The molecule has 0 saturated carbocycles. The van der Waals surface area contributed by atoms with Crippen LogP contribution >= 0.6 is 22.7 Å². The predicted molar refractivity (Wildman–Crippen MR) is 249 cm³/mol. The lowest BCUT2D eigenvalue weighted by atomic mass is 10.1. The van der Waals surface area contributed by atoms with Gasteiger partial charge in [-0.25, -0.2) is 43.6 Å². The molecule has 0 aliphatic carbocycles. The number of fused-ring (bicyclic) bond motifs is 2. The summed E-state index contributed by atoms with van der Waals surface area (Å²) in [6.45, 7) is 13.1. The number of carboxylic acid groups (broad SMARTS) is 1. The Balaban J connectivity index is 0.000000391. The first-order chi connectivity index (χ1) is 31.3. The van der Waals surface area contributed by atoms with Gasteiger partial charge in [-0.1, -0.05) is 27.7 Å². The van der Waals surface area contributed by atoms with Crippen LogP contribution in [0.5, 0.6) is 0 Å². The first kappa shape index (κ1) is 60.1. The Kier molecular flexibility index (Phi) is 24.6. The molecule has 0 bridgehead atoms. The minimum Gasteiger partial charge on any atom is -0.479 e. The van der Waals surface area contributed by atoms with Gasteiger partial charge in [0.05, 0.1) is 0 Å². The van der Waals surface area contributed by atoms with Gasteiger partial charge in [0.25, 0.3) is 20.0 Å². The van der Waals surface area contributed by atoms with Gasteiger partial charge in [-0.2, -0.15) is 8.61 Å². The van der Waals surface area contributed by atoms with Gasteiger partial charge < -0.3 is 34.7 Å². The van der Waals surface area contributed by atoms with Gasteiger partial charge in [-0.15, -0.1) is 22.7 Å². The molecule has 0 spiro atoms. The molecule has 0 amide bonds. The Bertz CT molecular complexity index is 2420. The van der Waals surface area contributed by atoms with Crippen LogP contribution in [0.15, 0.2) is 29.0 Å². The summed E-state index contributed by atoms with van der Waals surface area (Å²) in [7, 11) is -12.6. The number of primary sulfonamides is 1. The number of sulfone groups is 1. The van der Waals surface area contributed by atoms with Crippen LogP contribution in [0.25, 0.3) is 0 Å². The second-order valence-electron chi connectivity index (χ2n) is 15.1. The predicted octanol–water partition coefficient (Wildman–Crippen LogP) is 2.40. The van der Waals surface area contributed by atoms with Crippen molar-refractivity contribution in [1.82, 2.24) is 19.2 Å². The monoisotopic (exact) mass is 1070 g/mol. The number of esters is 2. The zero-order valence-electron chi connectivity index (χ0n) is 39.0. The maximum absolute atomic E-state index is 13.2. The van der Waals surface area contributed by atoms with E-state index in [9.17, 15) is 52.8 Å². The minimum absolute atomic E-state index is 0.0365. The maximum atomic E-state index is 13.2. The van der Waals surface area contributed by atoms with Crippen LogP contribution in [0.2, 0.25) is 0 Å². The number of hydrogen-bond donors (Lipinski definition) is 4. The van der Waals surface area contributed by atoms with Crippen molar-refractivity contribution in [2.24, 2.45) is 5.14 Å². The Morgan fingerprint density at radius 1 is 0.746 bits per heavy atom. The van der Waals surface area contributed by atoms with E-state index in [2.05, 4.69) is 15.4 Å². The number of nitrogens with zero attached hydrogens (tertiary/aromatic N) is 2. The van der Waals surface area contributed by atoms with Gasteiger partial charge in [0, 0.05) is 89.7 Å². The molecule has 2 aliphatic heterocycles. The van der Waals surface area contributed by atoms with E-state index in [1.807, 2.05) is 20.8 Å². The molecule has 2 aromatic rings. The summed E-state index contributed by atoms with van der Waals surface area (Å²) in [5, 5.41) is 19.9. The second kappa shape index (κ2) is 27.4. The van der Waals surface area contributed by atoms with Crippen LogP contribution in [0.1, 0.15) is 103 Å². The molecule has 4 heterocycles. The molecule has 0 aromatic carbocycles. The summed E-state index contributed by atoms with van der Waals surface area (Å²) in [5.74, 6) is -3.79. The number of carbonyl (C=O) groups excluding carboxylic acids is 3. The summed E-state index contributed by atoms with van der Waals surface area (Å²) in [6, 6.07) is 2.08. The average Bonchev–Trinajstić information content (AvgIpc) is 3.91. The number of thiophene rings is 2. The van der Waals surface area contributed by atoms with Gasteiger partial charge in [0.15, 0.2) is 27.8 Å². The zero-order chi connectivity index (χ0) is 50.9. The number of ketones is 1. The maximum Gasteiger partial charge on any atom is 0.344 e. The topological polar surface area (TPSA) is 319 Å². The average molecular weight is 1070 g/mol. The van der Waals surface area contributed by atoms with E-state index in [-0.39, 0.29) is 61.4 Å². The van der Waals surface area contributed by atoms with Crippen molar-refractivity contribution in [3.63, 3.8) is 0 Å². The molecule has 22 nitrogen and oxygen atoms in total. The summed E-state index contributed by atoms with van der Waals surface area (Å²) < 4.78 is 123. The van der Waals surface area contributed by atoms with Crippen LogP contribution < -0.4 is 15.8 Å². The van der Waals surface area contributed by atoms with E-state index in [0.29, 0.717) is 92.3 Å². The summed E-state index contributed by atoms with van der Waals surface area (Å²) in [4.78, 5) is 44.9. The molecule has 0 saturated heterocycles. The number of nitrogens with one attached hydrogen (secondary N) is 2. The highest BCUT2D eigenvalue weighted by Gasteiger charge is 2.41. The highest BCUT2D eigenvalue weighted by Crippen LogP contribution is 2.41. The van der Waals surface area contributed by atoms with Gasteiger partial charge in [0.1, 0.15) is 22.6 Å². The molecule has 5 N–H and O–H groups in total. The highest BCUT2D eigenvalue weighted by molar-refractivity contribution is 7.95. The molecule has 384 valence electrons. The number of sulfonamides is 3. The van der Waals surface area contributed by atoms with E-state index in [1.54, 1.807) is 14.0 Å².